The van der Waals surface area contributed by atoms with Crippen LogP contribution in [0.5, 0.6) is 0 Å². The lowest BCUT2D eigenvalue weighted by atomic mass is 9.82. The maximum absolute atomic E-state index is 4.78. The lowest BCUT2D eigenvalue weighted by Crippen LogP contribution is -2.12. The van der Waals surface area contributed by atoms with Crippen LogP contribution in [0.3, 0.4) is 0 Å². The average molecular weight is 484 g/mol. The minimum atomic E-state index is -0.562. The van der Waals surface area contributed by atoms with Crippen molar-refractivity contribution in [1.29, 1.82) is 0 Å². The predicted octanol–water partition coefficient (Wildman–Crippen LogP) is 9.27. The number of benzene rings is 3. The van der Waals surface area contributed by atoms with Crippen molar-refractivity contribution in [2.75, 3.05) is 18.8 Å². The third kappa shape index (κ3) is 4.78. The summed E-state index contributed by atoms with van der Waals surface area (Å²) < 4.78 is 1.35. The van der Waals surface area contributed by atoms with Crippen LogP contribution < -0.4 is 0 Å². The number of fused-ring (bicyclic) bond motifs is 2. The summed E-state index contributed by atoms with van der Waals surface area (Å²) in [7, 11) is -0.562. The number of thiophene rings is 1. The minimum absolute atomic E-state index is 0.0607. The second-order valence-corrected chi connectivity index (χ2v) is 16.7. The summed E-state index contributed by atoms with van der Waals surface area (Å²) in [5.41, 5.74) is 6.32. The second-order valence-electron chi connectivity index (χ2n) is 11.1. The molecule has 0 N–H and O–H groups in total. The van der Waals surface area contributed by atoms with Gasteiger partial charge in [0, 0.05) is 27.1 Å². The van der Waals surface area contributed by atoms with Gasteiger partial charge in [0.05, 0.1) is 5.69 Å². The van der Waals surface area contributed by atoms with Crippen LogP contribution in [-0.2, 0) is 11.2 Å². The molecule has 2 aromatic heterocycles. The van der Waals surface area contributed by atoms with Crippen molar-refractivity contribution in [2.24, 2.45) is 0 Å². The molecule has 174 valence electrons. The highest BCUT2D eigenvalue weighted by molar-refractivity contribution is 8.31. The van der Waals surface area contributed by atoms with E-state index in [2.05, 4.69) is 112 Å². The molecule has 0 saturated heterocycles. The summed E-state index contributed by atoms with van der Waals surface area (Å²) in [4.78, 5) is 6.08. The molecular formula is C31H33NS2. The quantitative estimate of drug-likeness (QED) is 0.248. The Bertz CT molecular complexity index is 1500. The molecule has 0 amide bonds. The first kappa shape index (κ1) is 23.1. The molecule has 0 aliphatic heterocycles. The van der Waals surface area contributed by atoms with Gasteiger partial charge in [-0.2, -0.15) is 0 Å². The zero-order chi connectivity index (χ0) is 24.1. The number of hydrogen-bond donors (Lipinski definition) is 0. The number of pyridine rings is 1. The van der Waals surface area contributed by atoms with Crippen molar-refractivity contribution in [2.45, 2.75) is 31.9 Å². The summed E-state index contributed by atoms with van der Waals surface area (Å²) in [5.74, 6) is 1.17. The van der Waals surface area contributed by atoms with Crippen LogP contribution in [0.1, 0.15) is 31.9 Å². The van der Waals surface area contributed by atoms with Gasteiger partial charge in [-0.25, -0.2) is 10.0 Å². The smallest absolute Gasteiger partial charge is 0.0708 e. The molecule has 0 saturated carbocycles. The molecule has 0 atom stereocenters. The summed E-state index contributed by atoms with van der Waals surface area (Å²) >= 11 is 1.87. The van der Waals surface area contributed by atoms with Crippen LogP contribution >= 0.6 is 21.4 Å². The van der Waals surface area contributed by atoms with E-state index in [1.54, 1.807) is 0 Å². The highest BCUT2D eigenvalue weighted by atomic mass is 32.3. The van der Waals surface area contributed by atoms with Gasteiger partial charge in [-0.1, -0.05) is 51.1 Å². The predicted molar refractivity (Wildman–Crippen MR) is 156 cm³/mol. The van der Waals surface area contributed by atoms with Crippen molar-refractivity contribution in [3.63, 3.8) is 0 Å². The third-order valence-electron chi connectivity index (χ3n) is 6.19. The fourth-order valence-corrected chi connectivity index (χ4v) is 6.86. The van der Waals surface area contributed by atoms with E-state index in [0.29, 0.717) is 0 Å². The van der Waals surface area contributed by atoms with E-state index in [9.17, 15) is 0 Å². The van der Waals surface area contributed by atoms with Crippen LogP contribution in [0.4, 0.5) is 0 Å². The molecule has 3 aromatic carbocycles. The molecule has 2 heterocycles. The standard InChI is InChI=1S/C31H33NS2/c1-31(2,3)27-17-24(16-22-9-7-8-10-26(22)27)28-18-23(13-14-32-28)30-19-25-15-21(20-34(4,5)6)11-12-29(25)33-30/h7-19H,20H2,1-6H3. The van der Waals surface area contributed by atoms with Gasteiger partial charge in [0.1, 0.15) is 0 Å². The zero-order valence-electron chi connectivity index (χ0n) is 21.0. The lowest BCUT2D eigenvalue weighted by Gasteiger charge is -2.25. The Morgan fingerprint density at radius 1 is 0.794 bits per heavy atom. The van der Waals surface area contributed by atoms with Crippen molar-refractivity contribution in [1.82, 2.24) is 4.98 Å². The molecule has 5 rings (SSSR count). The summed E-state index contributed by atoms with van der Waals surface area (Å²) in [5, 5.41) is 3.94. The number of rotatable bonds is 4. The molecule has 0 radical (unpaired) electrons. The Balaban J connectivity index is 1.57. The van der Waals surface area contributed by atoms with E-state index < -0.39 is 10.0 Å². The van der Waals surface area contributed by atoms with Crippen LogP contribution in [0, 0.1) is 0 Å². The van der Waals surface area contributed by atoms with Gasteiger partial charge < -0.3 is 0 Å². The number of hydrogen-bond acceptors (Lipinski definition) is 2. The molecule has 0 fully saturated rings. The van der Waals surface area contributed by atoms with Crippen LogP contribution in [-0.4, -0.2) is 23.8 Å². The van der Waals surface area contributed by atoms with Gasteiger partial charge in [0.25, 0.3) is 0 Å². The van der Waals surface area contributed by atoms with E-state index in [-0.39, 0.29) is 5.41 Å². The van der Waals surface area contributed by atoms with Gasteiger partial charge in [-0.15, -0.1) is 11.3 Å². The molecule has 34 heavy (non-hydrogen) atoms. The Morgan fingerprint density at radius 3 is 2.35 bits per heavy atom. The van der Waals surface area contributed by atoms with E-state index in [0.717, 1.165) is 5.69 Å². The third-order valence-corrected chi connectivity index (χ3v) is 8.55. The van der Waals surface area contributed by atoms with Crippen LogP contribution in [0.2, 0.25) is 0 Å². The topological polar surface area (TPSA) is 12.9 Å². The fraction of sp³-hybridized carbons (Fsp3) is 0.258. The van der Waals surface area contributed by atoms with Gasteiger partial charge in [-0.3, -0.25) is 4.98 Å². The fourth-order valence-electron chi connectivity index (χ4n) is 4.65. The summed E-state index contributed by atoms with van der Waals surface area (Å²) in [6.45, 7) is 6.86. The second kappa shape index (κ2) is 8.55. The van der Waals surface area contributed by atoms with E-state index in [1.807, 2.05) is 17.5 Å². The molecule has 1 nitrogen and oxygen atoms in total. The summed E-state index contributed by atoms with van der Waals surface area (Å²) in [6, 6.07) is 27.0. The van der Waals surface area contributed by atoms with Crippen LogP contribution in [0.15, 0.2) is 79.0 Å². The maximum atomic E-state index is 4.78. The minimum Gasteiger partial charge on any atom is -0.256 e. The Hall–Kier alpha value is -2.62. The Kier molecular flexibility index (Phi) is 5.82. The van der Waals surface area contributed by atoms with E-state index >= 15 is 0 Å². The molecule has 0 unspecified atom stereocenters. The first-order valence-electron chi connectivity index (χ1n) is 11.8. The highest BCUT2D eigenvalue weighted by Crippen LogP contribution is 2.41. The van der Waals surface area contributed by atoms with Crippen molar-refractivity contribution >= 4 is 42.2 Å². The van der Waals surface area contributed by atoms with Crippen molar-refractivity contribution in [3.8, 4) is 21.7 Å². The molecule has 0 aliphatic rings. The normalized spacial score (nSPS) is 13.0. The SMILES string of the molecule is CC(C)(C)c1cc(-c2cc(-c3cc4cc(CS(C)(C)C)ccc4s3)ccn2)cc2ccccc12. The maximum Gasteiger partial charge on any atom is 0.0708 e. The Morgan fingerprint density at radius 2 is 1.59 bits per heavy atom. The van der Waals surface area contributed by atoms with Gasteiger partial charge in [0.15, 0.2) is 0 Å². The molecule has 0 bridgehead atoms. The lowest BCUT2D eigenvalue weighted by molar-refractivity contribution is 0.596. The number of nitrogens with zero attached hydrogens (tertiary/aromatic N) is 1. The van der Waals surface area contributed by atoms with Crippen molar-refractivity contribution in [3.05, 3.63) is 90.1 Å². The van der Waals surface area contributed by atoms with Crippen LogP contribution in [0.25, 0.3) is 42.6 Å². The monoisotopic (exact) mass is 483 g/mol. The van der Waals surface area contributed by atoms with E-state index in [1.165, 1.54) is 53.7 Å². The molecule has 0 aliphatic carbocycles. The largest absolute Gasteiger partial charge is 0.256 e. The average Bonchev–Trinajstić information content (AvgIpc) is 3.20. The summed E-state index contributed by atoms with van der Waals surface area (Å²) in [6.07, 6.45) is 9.10. The van der Waals surface area contributed by atoms with Crippen molar-refractivity contribution < 1.29 is 0 Å². The molecule has 0 spiro atoms. The molecular weight excluding hydrogens is 450 g/mol. The molecule has 5 aromatic rings. The first-order valence-corrected chi connectivity index (χ1v) is 15.6. The Labute approximate surface area is 209 Å². The highest BCUT2D eigenvalue weighted by Gasteiger charge is 2.19. The number of aromatic nitrogens is 1. The van der Waals surface area contributed by atoms with Gasteiger partial charge in [-0.05, 0) is 99.5 Å². The first-order chi connectivity index (χ1) is 16.1. The van der Waals surface area contributed by atoms with Gasteiger partial charge in [0.2, 0.25) is 0 Å². The van der Waals surface area contributed by atoms with E-state index in [4.69, 9.17) is 4.98 Å². The zero-order valence-corrected chi connectivity index (χ0v) is 22.6. The van der Waals surface area contributed by atoms with Gasteiger partial charge >= 0.3 is 0 Å². The molecule has 3 heteroatoms.